The minimum Gasteiger partial charge on any atom is -0.315 e. The predicted molar refractivity (Wildman–Crippen MR) is 62.9 cm³/mol. The van der Waals surface area contributed by atoms with Crippen molar-refractivity contribution in [3.63, 3.8) is 0 Å². The van der Waals surface area contributed by atoms with Crippen molar-refractivity contribution in [2.24, 2.45) is 17.3 Å². The smallest absolute Gasteiger partial charge is 0.0107 e. The van der Waals surface area contributed by atoms with Gasteiger partial charge in [-0.25, -0.2) is 0 Å². The summed E-state index contributed by atoms with van der Waals surface area (Å²) in [7, 11) is 0. The van der Waals surface area contributed by atoms with Crippen LogP contribution in [0.3, 0.4) is 0 Å². The quantitative estimate of drug-likeness (QED) is 0.759. The highest BCUT2D eigenvalue weighted by Crippen LogP contribution is 2.61. The fraction of sp³-hybridized carbons (Fsp3) is 1.00. The first kappa shape index (κ1) is 10.1. The molecular weight excluding hydrogens is 184 g/mol. The van der Waals surface area contributed by atoms with Crippen molar-refractivity contribution in [2.75, 3.05) is 32.7 Å². The third-order valence-corrected chi connectivity index (χ3v) is 4.54. The van der Waals surface area contributed by atoms with Gasteiger partial charge in [0.2, 0.25) is 0 Å². The van der Waals surface area contributed by atoms with E-state index in [0.717, 1.165) is 17.3 Å². The highest BCUT2D eigenvalue weighted by molar-refractivity contribution is 5.05. The average Bonchev–Trinajstić information content (AvgIpc) is 3.01. The summed E-state index contributed by atoms with van der Waals surface area (Å²) in [5.41, 5.74) is 0.796. The van der Waals surface area contributed by atoms with Gasteiger partial charge in [0.15, 0.2) is 0 Å². The molecule has 2 saturated carbocycles. The normalized spacial score (nSPS) is 36.2. The zero-order valence-corrected chi connectivity index (χ0v) is 9.97. The minimum atomic E-state index is 0.796. The van der Waals surface area contributed by atoms with E-state index >= 15 is 0 Å². The SMILES string of the molecule is CC1CNCCN(CC2(C3CC3)CC2)C1. The van der Waals surface area contributed by atoms with Gasteiger partial charge < -0.3 is 10.2 Å². The Bertz CT molecular complexity index is 231. The maximum Gasteiger partial charge on any atom is 0.0107 e. The number of rotatable bonds is 3. The van der Waals surface area contributed by atoms with Crippen LogP contribution >= 0.6 is 0 Å². The van der Waals surface area contributed by atoms with E-state index in [0.29, 0.717) is 0 Å². The van der Waals surface area contributed by atoms with E-state index in [4.69, 9.17) is 0 Å². The largest absolute Gasteiger partial charge is 0.315 e. The molecule has 3 fully saturated rings. The number of nitrogens with zero attached hydrogens (tertiary/aromatic N) is 1. The molecule has 86 valence electrons. The van der Waals surface area contributed by atoms with E-state index in [9.17, 15) is 0 Å². The highest BCUT2D eigenvalue weighted by Gasteiger charge is 2.54. The molecule has 0 radical (unpaired) electrons. The second-order valence-corrected chi connectivity index (χ2v) is 6.18. The maximum atomic E-state index is 3.54. The van der Waals surface area contributed by atoms with Crippen LogP contribution in [0.25, 0.3) is 0 Å². The first-order valence-corrected chi connectivity index (χ1v) is 6.72. The summed E-state index contributed by atoms with van der Waals surface area (Å²) in [6.07, 6.45) is 6.11. The lowest BCUT2D eigenvalue weighted by atomic mass is 9.99. The lowest BCUT2D eigenvalue weighted by molar-refractivity contribution is 0.199. The fourth-order valence-electron chi connectivity index (χ4n) is 3.32. The molecule has 0 amide bonds. The monoisotopic (exact) mass is 208 g/mol. The molecule has 1 saturated heterocycles. The molecule has 2 aliphatic carbocycles. The Morgan fingerprint density at radius 1 is 1.33 bits per heavy atom. The van der Waals surface area contributed by atoms with Gasteiger partial charge in [0.05, 0.1) is 0 Å². The molecule has 1 N–H and O–H groups in total. The van der Waals surface area contributed by atoms with Gasteiger partial charge in [0, 0.05) is 26.2 Å². The van der Waals surface area contributed by atoms with Crippen molar-refractivity contribution in [3.8, 4) is 0 Å². The van der Waals surface area contributed by atoms with E-state index < -0.39 is 0 Å². The van der Waals surface area contributed by atoms with Crippen molar-refractivity contribution in [2.45, 2.75) is 32.6 Å². The van der Waals surface area contributed by atoms with Gasteiger partial charge >= 0.3 is 0 Å². The Morgan fingerprint density at radius 2 is 2.13 bits per heavy atom. The van der Waals surface area contributed by atoms with Crippen LogP contribution in [0.2, 0.25) is 0 Å². The zero-order chi connectivity index (χ0) is 10.3. The van der Waals surface area contributed by atoms with Crippen LogP contribution in [0.1, 0.15) is 32.6 Å². The van der Waals surface area contributed by atoms with Crippen LogP contribution in [-0.2, 0) is 0 Å². The minimum absolute atomic E-state index is 0.796. The van der Waals surface area contributed by atoms with E-state index in [2.05, 4.69) is 17.1 Å². The van der Waals surface area contributed by atoms with Gasteiger partial charge in [-0.1, -0.05) is 6.92 Å². The van der Waals surface area contributed by atoms with Gasteiger partial charge in [-0.2, -0.15) is 0 Å². The first-order chi connectivity index (χ1) is 7.28. The zero-order valence-electron chi connectivity index (χ0n) is 9.97. The molecule has 1 atom stereocenters. The van der Waals surface area contributed by atoms with Crippen LogP contribution in [-0.4, -0.2) is 37.6 Å². The van der Waals surface area contributed by atoms with Gasteiger partial charge in [-0.05, 0) is 49.5 Å². The molecule has 1 aliphatic heterocycles. The van der Waals surface area contributed by atoms with Crippen molar-refractivity contribution in [1.29, 1.82) is 0 Å². The molecule has 2 heteroatoms. The molecule has 2 nitrogen and oxygen atoms in total. The van der Waals surface area contributed by atoms with E-state index in [1.807, 2.05) is 0 Å². The Morgan fingerprint density at radius 3 is 2.80 bits per heavy atom. The third kappa shape index (κ3) is 2.21. The highest BCUT2D eigenvalue weighted by atomic mass is 15.2. The molecule has 1 unspecified atom stereocenters. The van der Waals surface area contributed by atoms with E-state index in [-0.39, 0.29) is 0 Å². The van der Waals surface area contributed by atoms with E-state index in [1.165, 1.54) is 58.4 Å². The molecule has 0 bridgehead atoms. The number of hydrogen-bond acceptors (Lipinski definition) is 2. The van der Waals surface area contributed by atoms with Gasteiger partial charge in [-0.15, -0.1) is 0 Å². The lowest BCUT2D eigenvalue weighted by Crippen LogP contribution is -2.35. The molecule has 0 aromatic carbocycles. The third-order valence-electron chi connectivity index (χ3n) is 4.54. The summed E-state index contributed by atoms with van der Waals surface area (Å²) in [6.45, 7) is 8.80. The molecule has 0 aromatic rings. The van der Waals surface area contributed by atoms with Crippen LogP contribution in [0.4, 0.5) is 0 Å². The van der Waals surface area contributed by atoms with Crippen LogP contribution in [0.5, 0.6) is 0 Å². The number of nitrogens with one attached hydrogen (secondary N) is 1. The summed E-state index contributed by atoms with van der Waals surface area (Å²) >= 11 is 0. The summed E-state index contributed by atoms with van der Waals surface area (Å²) in [5.74, 6) is 1.95. The van der Waals surface area contributed by atoms with Crippen molar-refractivity contribution >= 4 is 0 Å². The summed E-state index contributed by atoms with van der Waals surface area (Å²) in [5, 5.41) is 3.54. The first-order valence-electron chi connectivity index (χ1n) is 6.72. The Hall–Kier alpha value is -0.0800. The topological polar surface area (TPSA) is 15.3 Å². The molecule has 3 rings (SSSR count). The van der Waals surface area contributed by atoms with Crippen molar-refractivity contribution < 1.29 is 0 Å². The number of hydrogen-bond donors (Lipinski definition) is 1. The molecule has 15 heavy (non-hydrogen) atoms. The second-order valence-electron chi connectivity index (χ2n) is 6.18. The van der Waals surface area contributed by atoms with E-state index in [1.54, 1.807) is 0 Å². The van der Waals surface area contributed by atoms with Crippen LogP contribution in [0.15, 0.2) is 0 Å². The molecule has 0 spiro atoms. The Kier molecular flexibility index (Phi) is 2.52. The molecule has 1 heterocycles. The van der Waals surface area contributed by atoms with Gasteiger partial charge in [-0.3, -0.25) is 0 Å². The van der Waals surface area contributed by atoms with Crippen molar-refractivity contribution in [3.05, 3.63) is 0 Å². The summed E-state index contributed by atoms with van der Waals surface area (Å²) < 4.78 is 0. The standard InChI is InChI=1S/C13H24N2/c1-11-8-14-6-7-15(9-11)10-13(4-5-13)12-2-3-12/h11-12,14H,2-10H2,1H3. The summed E-state index contributed by atoms with van der Waals surface area (Å²) in [6, 6.07) is 0. The van der Waals surface area contributed by atoms with Crippen LogP contribution < -0.4 is 5.32 Å². The summed E-state index contributed by atoms with van der Waals surface area (Å²) in [4.78, 5) is 2.73. The second kappa shape index (κ2) is 3.74. The average molecular weight is 208 g/mol. The molecular formula is C13H24N2. The maximum absolute atomic E-state index is 3.54. The molecule has 3 aliphatic rings. The molecule has 0 aromatic heterocycles. The van der Waals surface area contributed by atoms with Gasteiger partial charge in [0.1, 0.15) is 0 Å². The van der Waals surface area contributed by atoms with Crippen molar-refractivity contribution in [1.82, 2.24) is 10.2 Å². The Balaban J connectivity index is 1.57. The lowest BCUT2D eigenvalue weighted by Gasteiger charge is -2.27. The predicted octanol–water partition coefficient (Wildman–Crippen LogP) is 1.72. The van der Waals surface area contributed by atoms with Gasteiger partial charge in [0.25, 0.3) is 0 Å². The van der Waals surface area contributed by atoms with Crippen LogP contribution in [0, 0.1) is 17.3 Å². The Labute approximate surface area is 93.4 Å². The fourth-order valence-corrected chi connectivity index (χ4v) is 3.32.